The first kappa shape index (κ1) is 13.0. The molecular formula is C14H18N4O2. The lowest BCUT2D eigenvalue weighted by Gasteiger charge is -2.22. The number of rotatable bonds is 3. The summed E-state index contributed by atoms with van der Waals surface area (Å²) in [5, 5.41) is 17.9. The van der Waals surface area contributed by atoms with Gasteiger partial charge in [-0.1, -0.05) is 12.8 Å². The Labute approximate surface area is 116 Å². The van der Waals surface area contributed by atoms with E-state index in [9.17, 15) is 9.90 Å². The average Bonchev–Trinajstić information content (AvgIpc) is 2.98. The van der Waals surface area contributed by atoms with Crippen LogP contribution in [0.1, 0.15) is 43.0 Å². The van der Waals surface area contributed by atoms with Crippen molar-refractivity contribution < 1.29 is 9.90 Å². The Morgan fingerprint density at radius 3 is 2.70 bits per heavy atom. The van der Waals surface area contributed by atoms with Crippen LogP contribution in [0, 0.1) is 19.3 Å². The maximum absolute atomic E-state index is 11.7. The topological polar surface area (TPSA) is 80.4 Å². The van der Waals surface area contributed by atoms with Gasteiger partial charge in [-0.15, -0.1) is 10.2 Å². The second kappa shape index (κ2) is 4.54. The highest BCUT2D eigenvalue weighted by molar-refractivity contribution is 5.75. The van der Waals surface area contributed by atoms with Crippen LogP contribution in [0.5, 0.6) is 0 Å². The van der Waals surface area contributed by atoms with Crippen LogP contribution in [-0.2, 0) is 11.2 Å². The summed E-state index contributed by atoms with van der Waals surface area (Å²) in [6, 6.07) is 1.87. The molecule has 20 heavy (non-hydrogen) atoms. The van der Waals surface area contributed by atoms with Crippen molar-refractivity contribution in [2.45, 2.75) is 46.0 Å². The summed E-state index contributed by atoms with van der Waals surface area (Å²) in [5.74, 6) is 0.789. The summed E-state index contributed by atoms with van der Waals surface area (Å²) in [5.41, 5.74) is 0.951. The molecule has 0 saturated heterocycles. The van der Waals surface area contributed by atoms with Crippen molar-refractivity contribution in [2.24, 2.45) is 5.41 Å². The summed E-state index contributed by atoms with van der Waals surface area (Å²) in [7, 11) is 0. The number of hydrogen-bond donors (Lipinski definition) is 1. The third kappa shape index (κ3) is 1.95. The molecule has 2 aromatic rings. The van der Waals surface area contributed by atoms with E-state index in [2.05, 4.69) is 15.2 Å². The fraction of sp³-hybridized carbons (Fsp3) is 0.571. The summed E-state index contributed by atoms with van der Waals surface area (Å²) in [6.07, 6.45) is 3.80. The van der Waals surface area contributed by atoms with Gasteiger partial charge in [0, 0.05) is 18.2 Å². The zero-order valence-corrected chi connectivity index (χ0v) is 11.8. The minimum absolute atomic E-state index is 0.426. The van der Waals surface area contributed by atoms with E-state index in [-0.39, 0.29) is 0 Å². The van der Waals surface area contributed by atoms with Crippen LogP contribution in [0.4, 0.5) is 0 Å². The van der Waals surface area contributed by atoms with E-state index in [1.807, 2.05) is 24.3 Å². The van der Waals surface area contributed by atoms with Gasteiger partial charge in [0.05, 0.1) is 5.41 Å². The molecule has 0 aromatic carbocycles. The quantitative estimate of drug-likeness (QED) is 0.925. The second-order valence-electron chi connectivity index (χ2n) is 5.72. The fourth-order valence-electron chi connectivity index (χ4n) is 3.24. The number of carboxylic acid groups (broad SMARTS) is 1. The van der Waals surface area contributed by atoms with Crippen molar-refractivity contribution in [1.82, 2.24) is 19.6 Å². The third-order valence-electron chi connectivity index (χ3n) is 4.27. The van der Waals surface area contributed by atoms with Crippen LogP contribution in [0.2, 0.25) is 0 Å². The zero-order valence-electron chi connectivity index (χ0n) is 11.8. The molecule has 6 heteroatoms. The minimum Gasteiger partial charge on any atom is -0.481 e. The monoisotopic (exact) mass is 274 g/mol. The summed E-state index contributed by atoms with van der Waals surface area (Å²) < 4.78 is 1.87. The highest BCUT2D eigenvalue weighted by Gasteiger charge is 2.42. The molecule has 0 aliphatic heterocycles. The number of hydrogen-bond acceptors (Lipinski definition) is 4. The van der Waals surface area contributed by atoms with E-state index in [1.165, 1.54) is 0 Å². The summed E-state index contributed by atoms with van der Waals surface area (Å²) >= 11 is 0. The molecule has 0 atom stereocenters. The second-order valence-corrected chi connectivity index (χ2v) is 5.72. The molecule has 0 spiro atoms. The minimum atomic E-state index is -0.718. The summed E-state index contributed by atoms with van der Waals surface area (Å²) in [4.78, 5) is 16.1. The van der Waals surface area contributed by atoms with Gasteiger partial charge in [0.1, 0.15) is 11.6 Å². The van der Waals surface area contributed by atoms with Crippen LogP contribution in [0.3, 0.4) is 0 Å². The Kier molecular flexibility index (Phi) is 2.96. The molecule has 1 fully saturated rings. The van der Waals surface area contributed by atoms with Gasteiger partial charge in [0.2, 0.25) is 0 Å². The molecule has 2 heterocycles. The van der Waals surface area contributed by atoms with Crippen LogP contribution in [0.15, 0.2) is 6.07 Å². The largest absolute Gasteiger partial charge is 0.481 e. The first-order valence-electron chi connectivity index (χ1n) is 6.93. The highest BCUT2D eigenvalue weighted by atomic mass is 16.4. The van der Waals surface area contributed by atoms with Gasteiger partial charge in [-0.3, -0.25) is 9.20 Å². The van der Waals surface area contributed by atoms with Gasteiger partial charge in [-0.25, -0.2) is 4.98 Å². The molecule has 3 rings (SSSR count). The molecule has 0 radical (unpaired) electrons. The predicted octanol–water partition coefficient (Wildman–Crippen LogP) is 1.93. The first-order valence-corrected chi connectivity index (χ1v) is 6.93. The predicted molar refractivity (Wildman–Crippen MR) is 72.5 cm³/mol. The maximum Gasteiger partial charge on any atom is 0.310 e. The number of aryl methyl sites for hydroxylation is 2. The Morgan fingerprint density at radius 1 is 1.35 bits per heavy atom. The van der Waals surface area contributed by atoms with Gasteiger partial charge in [-0.2, -0.15) is 0 Å². The highest BCUT2D eigenvalue weighted by Crippen LogP contribution is 2.41. The normalized spacial score (nSPS) is 17.7. The lowest BCUT2D eigenvalue weighted by atomic mass is 9.82. The Balaban J connectivity index is 2.05. The van der Waals surface area contributed by atoms with Gasteiger partial charge in [0.25, 0.3) is 0 Å². The van der Waals surface area contributed by atoms with Crippen LogP contribution < -0.4 is 0 Å². The van der Waals surface area contributed by atoms with E-state index in [0.29, 0.717) is 12.2 Å². The van der Waals surface area contributed by atoms with Crippen LogP contribution in [0.25, 0.3) is 5.65 Å². The van der Waals surface area contributed by atoms with Crippen LogP contribution >= 0.6 is 0 Å². The molecule has 0 unspecified atom stereocenters. The molecule has 1 saturated carbocycles. The zero-order chi connectivity index (χ0) is 14.3. The lowest BCUT2D eigenvalue weighted by Crippen LogP contribution is -2.31. The molecule has 0 amide bonds. The van der Waals surface area contributed by atoms with Gasteiger partial charge < -0.3 is 5.11 Å². The Bertz CT molecular complexity index is 671. The lowest BCUT2D eigenvalue weighted by molar-refractivity contribution is -0.148. The van der Waals surface area contributed by atoms with Crippen molar-refractivity contribution in [3.63, 3.8) is 0 Å². The molecule has 1 aliphatic carbocycles. The number of carboxylic acids is 1. The van der Waals surface area contributed by atoms with E-state index >= 15 is 0 Å². The van der Waals surface area contributed by atoms with Crippen molar-refractivity contribution in [1.29, 1.82) is 0 Å². The molecular weight excluding hydrogens is 256 g/mol. The van der Waals surface area contributed by atoms with E-state index in [0.717, 1.165) is 42.8 Å². The number of fused-ring (bicyclic) bond motifs is 1. The van der Waals surface area contributed by atoms with Gasteiger partial charge in [0.15, 0.2) is 5.65 Å². The van der Waals surface area contributed by atoms with E-state index < -0.39 is 11.4 Å². The molecule has 106 valence electrons. The molecule has 2 aromatic heterocycles. The third-order valence-corrected chi connectivity index (χ3v) is 4.27. The number of nitrogens with zero attached hydrogens (tertiary/aromatic N) is 4. The number of aromatic nitrogens is 4. The van der Waals surface area contributed by atoms with Crippen molar-refractivity contribution in [3.8, 4) is 0 Å². The average molecular weight is 274 g/mol. The molecule has 1 N–H and O–H groups in total. The SMILES string of the molecule is Cc1cc2nnc(CC3(C(=O)O)CCCC3)n2c(C)n1. The van der Waals surface area contributed by atoms with Crippen molar-refractivity contribution in [2.75, 3.05) is 0 Å². The van der Waals surface area contributed by atoms with Crippen LogP contribution in [-0.4, -0.2) is 30.7 Å². The standard InChI is InChI=1S/C14H18N4O2/c1-9-7-11-16-17-12(18(11)10(2)15-9)8-14(13(19)20)5-3-4-6-14/h7H,3-6,8H2,1-2H3,(H,19,20). The number of carbonyl (C=O) groups is 1. The maximum atomic E-state index is 11.7. The molecule has 1 aliphatic rings. The van der Waals surface area contributed by atoms with Gasteiger partial charge >= 0.3 is 5.97 Å². The fourth-order valence-corrected chi connectivity index (χ4v) is 3.24. The van der Waals surface area contributed by atoms with Crippen molar-refractivity contribution in [3.05, 3.63) is 23.4 Å². The number of aliphatic carboxylic acids is 1. The van der Waals surface area contributed by atoms with E-state index in [1.54, 1.807) is 0 Å². The Hall–Kier alpha value is -1.98. The smallest absolute Gasteiger partial charge is 0.310 e. The van der Waals surface area contributed by atoms with Crippen molar-refractivity contribution >= 4 is 11.6 Å². The van der Waals surface area contributed by atoms with Gasteiger partial charge in [-0.05, 0) is 26.7 Å². The molecule has 6 nitrogen and oxygen atoms in total. The van der Waals surface area contributed by atoms with E-state index in [4.69, 9.17) is 0 Å². The Morgan fingerprint density at radius 2 is 2.05 bits per heavy atom. The molecule has 0 bridgehead atoms. The first-order chi connectivity index (χ1) is 9.52. The summed E-state index contributed by atoms with van der Waals surface area (Å²) in [6.45, 7) is 3.81.